The SMILES string of the molecule is O=C(O)c1ccc(-c2ccccc2O)c(O)c1. The van der Waals surface area contributed by atoms with Crippen LogP contribution in [0.2, 0.25) is 0 Å². The summed E-state index contributed by atoms with van der Waals surface area (Å²) in [5.41, 5.74) is 0.858. The molecule has 3 N–H and O–H groups in total. The normalized spacial score (nSPS) is 10.1. The van der Waals surface area contributed by atoms with Crippen LogP contribution in [-0.2, 0) is 0 Å². The van der Waals surface area contributed by atoms with Crippen LogP contribution >= 0.6 is 0 Å². The Labute approximate surface area is 97.4 Å². The lowest BCUT2D eigenvalue weighted by atomic mass is 10.0. The third-order valence-corrected chi connectivity index (χ3v) is 2.44. The van der Waals surface area contributed by atoms with Crippen molar-refractivity contribution < 1.29 is 20.1 Å². The molecule has 0 atom stereocenters. The fourth-order valence-electron chi connectivity index (χ4n) is 1.59. The van der Waals surface area contributed by atoms with Gasteiger partial charge >= 0.3 is 5.97 Å². The molecular weight excluding hydrogens is 220 g/mol. The van der Waals surface area contributed by atoms with E-state index in [-0.39, 0.29) is 17.1 Å². The number of carbonyl (C=O) groups is 1. The first-order valence-corrected chi connectivity index (χ1v) is 4.94. The first-order valence-electron chi connectivity index (χ1n) is 4.94. The summed E-state index contributed by atoms with van der Waals surface area (Å²) in [4.78, 5) is 10.7. The second-order valence-electron chi connectivity index (χ2n) is 3.55. The van der Waals surface area contributed by atoms with Crippen molar-refractivity contribution >= 4 is 5.97 Å². The van der Waals surface area contributed by atoms with E-state index in [1.54, 1.807) is 18.2 Å². The molecule has 86 valence electrons. The van der Waals surface area contributed by atoms with E-state index in [1.165, 1.54) is 18.2 Å². The summed E-state index contributed by atoms with van der Waals surface area (Å²) < 4.78 is 0. The average Bonchev–Trinajstić information content (AvgIpc) is 2.30. The molecule has 17 heavy (non-hydrogen) atoms. The zero-order chi connectivity index (χ0) is 12.4. The van der Waals surface area contributed by atoms with Gasteiger partial charge in [0.2, 0.25) is 0 Å². The Morgan fingerprint density at radius 1 is 0.882 bits per heavy atom. The molecule has 4 nitrogen and oxygen atoms in total. The summed E-state index contributed by atoms with van der Waals surface area (Å²) in [5, 5.41) is 28.1. The monoisotopic (exact) mass is 230 g/mol. The van der Waals surface area contributed by atoms with E-state index in [0.717, 1.165) is 6.07 Å². The van der Waals surface area contributed by atoms with Crippen LogP contribution in [0.3, 0.4) is 0 Å². The van der Waals surface area contributed by atoms with Gasteiger partial charge in [0.15, 0.2) is 0 Å². The van der Waals surface area contributed by atoms with E-state index >= 15 is 0 Å². The number of phenols is 2. The summed E-state index contributed by atoms with van der Waals surface area (Å²) in [6, 6.07) is 10.5. The molecule has 2 aromatic rings. The number of aromatic carboxylic acids is 1. The van der Waals surface area contributed by atoms with Gasteiger partial charge in [-0.15, -0.1) is 0 Å². The zero-order valence-electron chi connectivity index (χ0n) is 8.79. The molecule has 0 aliphatic carbocycles. The van der Waals surface area contributed by atoms with Crippen LogP contribution in [0.15, 0.2) is 42.5 Å². The van der Waals surface area contributed by atoms with Gasteiger partial charge in [-0.05, 0) is 24.3 Å². The van der Waals surface area contributed by atoms with Crippen LogP contribution in [-0.4, -0.2) is 21.3 Å². The number of hydrogen-bond acceptors (Lipinski definition) is 3. The van der Waals surface area contributed by atoms with Crippen molar-refractivity contribution in [3.63, 3.8) is 0 Å². The maximum Gasteiger partial charge on any atom is 0.335 e. The van der Waals surface area contributed by atoms with E-state index in [1.807, 2.05) is 0 Å². The van der Waals surface area contributed by atoms with Gasteiger partial charge in [0, 0.05) is 11.1 Å². The highest BCUT2D eigenvalue weighted by atomic mass is 16.4. The van der Waals surface area contributed by atoms with Crippen LogP contribution in [0.1, 0.15) is 10.4 Å². The highest BCUT2D eigenvalue weighted by Gasteiger charge is 2.11. The summed E-state index contributed by atoms with van der Waals surface area (Å²) in [7, 11) is 0. The smallest absolute Gasteiger partial charge is 0.335 e. The Morgan fingerprint density at radius 3 is 2.12 bits per heavy atom. The predicted octanol–water partition coefficient (Wildman–Crippen LogP) is 2.46. The fraction of sp³-hybridized carbons (Fsp3) is 0. The molecule has 2 rings (SSSR count). The van der Waals surface area contributed by atoms with Gasteiger partial charge in [0.05, 0.1) is 5.56 Å². The molecule has 0 amide bonds. The molecule has 0 unspecified atom stereocenters. The van der Waals surface area contributed by atoms with Crippen molar-refractivity contribution in [2.75, 3.05) is 0 Å². The van der Waals surface area contributed by atoms with Gasteiger partial charge < -0.3 is 15.3 Å². The molecule has 0 aromatic heterocycles. The first kappa shape index (κ1) is 11.0. The molecule has 4 heteroatoms. The van der Waals surface area contributed by atoms with Crippen LogP contribution in [0.4, 0.5) is 0 Å². The third-order valence-electron chi connectivity index (χ3n) is 2.44. The lowest BCUT2D eigenvalue weighted by Crippen LogP contribution is -1.95. The predicted molar refractivity (Wildman–Crippen MR) is 62.2 cm³/mol. The highest BCUT2D eigenvalue weighted by molar-refractivity contribution is 5.90. The number of carboxylic acids is 1. The second kappa shape index (κ2) is 4.17. The molecule has 0 spiro atoms. The van der Waals surface area contributed by atoms with Crippen LogP contribution in [0.25, 0.3) is 11.1 Å². The molecule has 0 aliphatic heterocycles. The molecular formula is C13H10O4. The maximum absolute atomic E-state index is 10.7. The van der Waals surface area contributed by atoms with Crippen LogP contribution in [0.5, 0.6) is 11.5 Å². The largest absolute Gasteiger partial charge is 0.507 e. The molecule has 0 bridgehead atoms. The van der Waals surface area contributed by atoms with Crippen molar-refractivity contribution in [2.24, 2.45) is 0 Å². The maximum atomic E-state index is 10.7. The molecule has 0 aliphatic rings. The lowest BCUT2D eigenvalue weighted by molar-refractivity contribution is 0.0696. The van der Waals surface area contributed by atoms with E-state index in [4.69, 9.17) is 5.11 Å². The summed E-state index contributed by atoms with van der Waals surface area (Å²) in [6.45, 7) is 0. The minimum atomic E-state index is -1.11. The first-order chi connectivity index (χ1) is 8.09. The van der Waals surface area contributed by atoms with Crippen molar-refractivity contribution in [3.05, 3.63) is 48.0 Å². The Balaban J connectivity index is 2.55. The van der Waals surface area contributed by atoms with E-state index in [0.29, 0.717) is 11.1 Å². The summed E-state index contributed by atoms with van der Waals surface area (Å²) in [6.07, 6.45) is 0. The average molecular weight is 230 g/mol. The van der Waals surface area contributed by atoms with Gasteiger partial charge in [0.1, 0.15) is 11.5 Å². The van der Waals surface area contributed by atoms with E-state index < -0.39 is 5.97 Å². The van der Waals surface area contributed by atoms with Crippen LogP contribution < -0.4 is 0 Å². The van der Waals surface area contributed by atoms with Crippen molar-refractivity contribution in [2.45, 2.75) is 0 Å². The van der Waals surface area contributed by atoms with Gasteiger partial charge in [-0.2, -0.15) is 0 Å². The second-order valence-corrected chi connectivity index (χ2v) is 3.55. The van der Waals surface area contributed by atoms with Gasteiger partial charge in [-0.3, -0.25) is 0 Å². The van der Waals surface area contributed by atoms with Gasteiger partial charge in [-0.25, -0.2) is 4.79 Å². The third kappa shape index (κ3) is 2.06. The Morgan fingerprint density at radius 2 is 1.53 bits per heavy atom. The Hall–Kier alpha value is -2.49. The lowest BCUT2D eigenvalue weighted by Gasteiger charge is -2.07. The van der Waals surface area contributed by atoms with Crippen molar-refractivity contribution in [3.8, 4) is 22.6 Å². The highest BCUT2D eigenvalue weighted by Crippen LogP contribution is 2.35. The van der Waals surface area contributed by atoms with Crippen molar-refractivity contribution in [1.82, 2.24) is 0 Å². The Kier molecular flexibility index (Phi) is 2.70. The fourth-order valence-corrected chi connectivity index (χ4v) is 1.59. The van der Waals surface area contributed by atoms with Crippen LogP contribution in [0, 0.1) is 0 Å². The number of benzene rings is 2. The Bertz CT molecular complexity index is 575. The number of hydrogen-bond donors (Lipinski definition) is 3. The number of para-hydroxylation sites is 1. The summed E-state index contributed by atoms with van der Waals surface area (Å²) in [5.74, 6) is -1.25. The number of aromatic hydroxyl groups is 2. The number of rotatable bonds is 2. The van der Waals surface area contributed by atoms with Crippen molar-refractivity contribution in [1.29, 1.82) is 0 Å². The quantitative estimate of drug-likeness (QED) is 0.740. The molecule has 0 heterocycles. The molecule has 0 radical (unpaired) electrons. The van der Waals surface area contributed by atoms with E-state index in [9.17, 15) is 15.0 Å². The standard InChI is InChI=1S/C13H10O4/c14-11-4-2-1-3-9(11)10-6-5-8(13(16)17)7-12(10)15/h1-7,14-15H,(H,16,17). The summed E-state index contributed by atoms with van der Waals surface area (Å²) >= 11 is 0. The van der Waals surface area contributed by atoms with Gasteiger partial charge in [-0.1, -0.05) is 18.2 Å². The topological polar surface area (TPSA) is 77.8 Å². The molecule has 0 saturated heterocycles. The van der Waals surface area contributed by atoms with E-state index in [2.05, 4.69) is 0 Å². The number of phenolic OH excluding ortho intramolecular Hbond substituents is 2. The van der Waals surface area contributed by atoms with Gasteiger partial charge in [0.25, 0.3) is 0 Å². The minimum Gasteiger partial charge on any atom is -0.507 e. The molecule has 0 saturated carbocycles. The zero-order valence-corrected chi connectivity index (χ0v) is 8.79. The molecule has 0 fully saturated rings. The number of carboxylic acid groups (broad SMARTS) is 1. The molecule has 2 aromatic carbocycles. The minimum absolute atomic E-state index is 0.00155.